The molecule has 0 spiro atoms. The molecule has 0 saturated carbocycles. The van der Waals surface area contributed by atoms with Gasteiger partial charge in [-0.05, 0) is 68.7 Å². The molecule has 0 aliphatic carbocycles. The third-order valence-corrected chi connectivity index (χ3v) is 15.2. The number of fused-ring (bicyclic) bond motifs is 3. The summed E-state index contributed by atoms with van der Waals surface area (Å²) in [4.78, 5) is 9.34. The maximum Gasteiger partial charge on any atom is 0.114 e. The monoisotopic (exact) mass is 992 g/mol. The van der Waals surface area contributed by atoms with Crippen LogP contribution in [0.5, 0.6) is 0 Å². The van der Waals surface area contributed by atoms with Crippen LogP contribution in [-0.2, 0) is 26.5 Å². The summed E-state index contributed by atoms with van der Waals surface area (Å²) in [5.74, 6) is -1.41. The van der Waals surface area contributed by atoms with Crippen molar-refractivity contribution in [1.29, 1.82) is 0 Å². The second-order valence-electron chi connectivity index (χ2n) is 16.8. The molecule has 3 heterocycles. The molecule has 0 bridgehead atoms. The smallest absolute Gasteiger partial charge is 0.114 e. The molecule has 5 heteroatoms. The van der Waals surface area contributed by atoms with Crippen molar-refractivity contribution in [2.24, 2.45) is 5.41 Å². The van der Waals surface area contributed by atoms with Crippen molar-refractivity contribution >= 4 is 50.0 Å². The van der Waals surface area contributed by atoms with Crippen LogP contribution in [0.4, 0.5) is 0 Å². The average Bonchev–Trinajstić information content (AvgIpc) is 3.65. The zero-order chi connectivity index (χ0) is 47.3. The minimum absolute atomic E-state index is 0. The van der Waals surface area contributed by atoms with Gasteiger partial charge in [0.05, 0.1) is 0 Å². The van der Waals surface area contributed by atoms with Crippen molar-refractivity contribution in [3.05, 3.63) is 168 Å². The first-order valence-corrected chi connectivity index (χ1v) is 23.6. The van der Waals surface area contributed by atoms with Gasteiger partial charge in [-0.3, -0.25) is 0 Å². The minimum Gasteiger partial charge on any atom is -0.305 e. The minimum atomic E-state index is -2.48. The Morgan fingerprint density at radius 1 is 0.797 bits per heavy atom. The fourth-order valence-corrected chi connectivity index (χ4v) is 11.3. The molecule has 303 valence electrons. The van der Waals surface area contributed by atoms with Gasteiger partial charge in [0.15, 0.2) is 0 Å². The van der Waals surface area contributed by atoms with E-state index < -0.39 is 38.5 Å². The zero-order valence-corrected chi connectivity index (χ0v) is 39.5. The van der Waals surface area contributed by atoms with Crippen LogP contribution < -0.4 is 10.4 Å². The largest absolute Gasteiger partial charge is 0.305 e. The maximum atomic E-state index is 8.88. The van der Waals surface area contributed by atoms with Gasteiger partial charge in [0.2, 0.25) is 0 Å². The molecule has 0 aliphatic heterocycles. The van der Waals surface area contributed by atoms with Gasteiger partial charge in [-0.15, -0.1) is 53.1 Å². The van der Waals surface area contributed by atoms with Crippen LogP contribution in [0.2, 0.25) is 13.1 Å². The number of hydrogen-bond donors (Lipinski definition) is 0. The topological polar surface area (TPSA) is 25.8 Å². The van der Waals surface area contributed by atoms with Crippen molar-refractivity contribution in [1.82, 2.24) is 9.97 Å². The molecule has 0 N–H and O–H groups in total. The van der Waals surface area contributed by atoms with Gasteiger partial charge in [-0.1, -0.05) is 185 Å². The van der Waals surface area contributed by atoms with Gasteiger partial charge >= 0.3 is 0 Å². The molecule has 0 unspecified atom stereocenters. The van der Waals surface area contributed by atoms with Gasteiger partial charge in [-0.25, -0.2) is 0 Å². The summed E-state index contributed by atoms with van der Waals surface area (Å²) in [7, 11) is -2.00. The predicted molar refractivity (Wildman–Crippen MR) is 255 cm³/mol. The molecule has 0 saturated heterocycles. The van der Waals surface area contributed by atoms with Crippen molar-refractivity contribution in [3.8, 4) is 33.6 Å². The molecular weight excluding hydrogens is 929 g/mol. The van der Waals surface area contributed by atoms with Crippen molar-refractivity contribution in [2.75, 3.05) is 0 Å². The van der Waals surface area contributed by atoms with E-state index in [1.165, 1.54) is 16.6 Å². The Morgan fingerprint density at radius 3 is 2.15 bits per heavy atom. The quantitative estimate of drug-likeness (QED) is 0.112. The average molecular weight is 992 g/mol. The van der Waals surface area contributed by atoms with Gasteiger partial charge in [0.25, 0.3) is 0 Å². The van der Waals surface area contributed by atoms with E-state index >= 15 is 0 Å². The second-order valence-corrected chi connectivity index (χ2v) is 22.3. The molecule has 8 rings (SSSR count). The van der Waals surface area contributed by atoms with Gasteiger partial charge in [-0.2, -0.15) is 11.3 Å². The van der Waals surface area contributed by atoms with Crippen LogP contribution in [0, 0.1) is 24.4 Å². The summed E-state index contributed by atoms with van der Waals surface area (Å²) in [6.45, 7) is 15.2. The molecule has 1 radical (unpaired) electrons. The van der Waals surface area contributed by atoms with E-state index in [0.29, 0.717) is 5.69 Å². The van der Waals surface area contributed by atoms with Crippen LogP contribution in [-0.4, -0.2) is 18.0 Å². The standard InChI is InChI=1S/C29H26NS.C25H30NSi.Ir/c1-19-18-30-25(16-21(19)17-29(2,3)4)23-15-14-22(20-10-6-5-7-11-20)27-24-12-8-9-13-26(24)31-28(23)27;1-18(2)20-11-10-12-21(15-20)24-16-23(19(3)4)25(17-26-24)27(5,6)22-13-8-7-9-14-22;/h5-14,16,18H,17H2,1-4H3;7-11,13-19H,1-6H3;/q2*-1;/i1D3,17D2;18D,19D;. The fourth-order valence-electron chi connectivity index (χ4n) is 7.36. The Balaban J connectivity index is 0.000000220. The Kier molecular flexibility index (Phi) is 11.0. The summed E-state index contributed by atoms with van der Waals surface area (Å²) < 4.78 is 61.1. The maximum absolute atomic E-state index is 8.88. The SMILES string of the molecule is [2H]C(C)(C)c1cc[c-]c(-c2cc(C([2H])(C)C)c([Si](C)(C)c3ccccc3)cn2)c1.[2H]C([2H])([2H])c1cnc(-c2[c-]cc(-c3ccccc3)c3c2sc2ccccc23)cc1C([2H])([2H])C(C)(C)C.[Ir]. The number of benzene rings is 5. The predicted octanol–water partition coefficient (Wildman–Crippen LogP) is 14.1. The fraction of sp³-hybridized carbons (Fsp3) is 0.259. The first-order valence-electron chi connectivity index (χ1n) is 23.3. The third kappa shape index (κ3) is 9.77. The van der Waals surface area contributed by atoms with Crippen molar-refractivity contribution in [3.63, 3.8) is 0 Å². The van der Waals surface area contributed by atoms with Gasteiger partial charge in [0, 0.05) is 46.8 Å². The Bertz CT molecular complexity index is 2980. The Labute approximate surface area is 381 Å². The summed E-state index contributed by atoms with van der Waals surface area (Å²) in [5, 5.41) is 4.77. The molecule has 3 aromatic heterocycles. The second kappa shape index (κ2) is 18.4. The Hall–Kier alpha value is -4.51. The number of aryl methyl sites for hydroxylation is 1. The third-order valence-electron chi connectivity index (χ3n) is 10.5. The Morgan fingerprint density at radius 2 is 1.47 bits per heavy atom. The first-order chi connectivity index (χ1) is 30.3. The van der Waals surface area contributed by atoms with Crippen molar-refractivity contribution < 1.29 is 29.7 Å². The number of thiophene rings is 1. The molecule has 0 atom stereocenters. The molecular formula is C54H56IrN2SSi-2. The van der Waals surface area contributed by atoms with Crippen LogP contribution in [0.1, 0.15) is 92.1 Å². The van der Waals surface area contributed by atoms with Crippen molar-refractivity contribution in [2.45, 2.75) is 86.6 Å². The van der Waals surface area contributed by atoms with E-state index in [1.807, 2.05) is 94.6 Å². The molecule has 8 aromatic rings. The number of nitrogens with zero attached hydrogens (tertiary/aromatic N) is 2. The van der Waals surface area contributed by atoms with Gasteiger partial charge < -0.3 is 9.97 Å². The van der Waals surface area contributed by atoms with E-state index in [2.05, 4.69) is 84.8 Å². The summed E-state index contributed by atoms with van der Waals surface area (Å²) >= 11 is 1.64. The van der Waals surface area contributed by atoms with Crippen LogP contribution >= 0.6 is 11.3 Å². The number of pyridine rings is 2. The molecule has 59 heavy (non-hydrogen) atoms. The summed E-state index contributed by atoms with van der Waals surface area (Å²) in [6.07, 6.45) is 1.41. The van der Waals surface area contributed by atoms with E-state index in [9.17, 15) is 0 Å². The normalized spacial score (nSPS) is 14.4. The number of aromatic nitrogens is 2. The van der Waals surface area contributed by atoms with E-state index in [0.717, 1.165) is 59.2 Å². The molecule has 0 aliphatic rings. The molecule has 5 aromatic carbocycles. The van der Waals surface area contributed by atoms with Gasteiger partial charge in [0.1, 0.15) is 8.07 Å². The van der Waals surface area contributed by atoms with Crippen LogP contribution in [0.3, 0.4) is 0 Å². The van der Waals surface area contributed by atoms with E-state index in [1.54, 1.807) is 38.2 Å². The molecule has 0 fully saturated rings. The summed E-state index contributed by atoms with van der Waals surface area (Å²) in [6, 6.07) is 47.1. The van der Waals surface area contributed by atoms with Crippen LogP contribution in [0.15, 0.2) is 134 Å². The number of hydrogen-bond acceptors (Lipinski definition) is 3. The van der Waals surface area contributed by atoms with Crippen LogP contribution in [0.25, 0.3) is 53.8 Å². The summed E-state index contributed by atoms with van der Waals surface area (Å²) in [5.41, 5.74) is 6.33. The van der Waals surface area contributed by atoms with E-state index in [4.69, 9.17) is 14.6 Å². The number of rotatable bonds is 8. The van der Waals surface area contributed by atoms with E-state index in [-0.39, 0.29) is 31.2 Å². The molecule has 0 amide bonds. The first kappa shape index (κ1) is 35.3. The molecule has 2 nitrogen and oxygen atoms in total. The zero-order valence-electron chi connectivity index (χ0n) is 42.3.